The summed E-state index contributed by atoms with van der Waals surface area (Å²) in [6.45, 7) is 1.95. The summed E-state index contributed by atoms with van der Waals surface area (Å²) in [5, 5.41) is 4.24. The second-order valence-corrected chi connectivity index (χ2v) is 6.45. The molecule has 0 unspecified atom stereocenters. The summed E-state index contributed by atoms with van der Waals surface area (Å²) in [6, 6.07) is 19.8. The number of nitrogens with one attached hydrogen (secondary N) is 2. The Hall–Kier alpha value is -4.13. The zero-order chi connectivity index (χ0) is 20.2. The molecular weight excluding hydrogens is 366 g/mol. The number of benzene rings is 2. The van der Waals surface area contributed by atoms with E-state index >= 15 is 0 Å². The number of aryl methyl sites for hydroxylation is 1. The first-order valence-electron chi connectivity index (χ1n) is 9.07. The number of hydrogen-bond donors (Lipinski definition) is 2. The standard InChI is InChI=1S/C22H19N5O2/c1-16-12-13-23-27(16)18-10-8-17(9-11-18)21(28)24-25-22(29)19-6-2-3-7-20(19)26-14-4-5-15-26/h2-15H,1H3,(H,24,28)(H,25,29). The van der Waals surface area contributed by atoms with Gasteiger partial charge in [0.25, 0.3) is 11.8 Å². The van der Waals surface area contributed by atoms with Gasteiger partial charge in [-0.3, -0.25) is 20.4 Å². The van der Waals surface area contributed by atoms with Crippen molar-refractivity contribution in [2.24, 2.45) is 0 Å². The van der Waals surface area contributed by atoms with E-state index in [-0.39, 0.29) is 0 Å². The maximum atomic E-state index is 12.6. The van der Waals surface area contributed by atoms with Crippen molar-refractivity contribution in [3.63, 3.8) is 0 Å². The van der Waals surface area contributed by atoms with Gasteiger partial charge in [0.2, 0.25) is 0 Å². The summed E-state index contributed by atoms with van der Waals surface area (Å²) < 4.78 is 3.62. The third-order valence-corrected chi connectivity index (χ3v) is 4.53. The van der Waals surface area contributed by atoms with Crippen molar-refractivity contribution in [2.45, 2.75) is 6.92 Å². The van der Waals surface area contributed by atoms with Crippen LogP contribution in [0.1, 0.15) is 26.4 Å². The van der Waals surface area contributed by atoms with E-state index in [4.69, 9.17) is 0 Å². The van der Waals surface area contributed by atoms with E-state index < -0.39 is 11.8 Å². The Kier molecular flexibility index (Phi) is 4.94. The third kappa shape index (κ3) is 3.79. The molecule has 0 aliphatic carbocycles. The number of hydrazine groups is 1. The number of aromatic nitrogens is 3. The van der Waals surface area contributed by atoms with Crippen molar-refractivity contribution in [1.82, 2.24) is 25.2 Å². The normalized spacial score (nSPS) is 10.5. The van der Waals surface area contributed by atoms with Crippen molar-refractivity contribution in [3.8, 4) is 11.4 Å². The highest BCUT2D eigenvalue weighted by Gasteiger charge is 2.13. The van der Waals surface area contributed by atoms with Crippen LogP contribution in [0.4, 0.5) is 0 Å². The van der Waals surface area contributed by atoms with Gasteiger partial charge in [-0.1, -0.05) is 12.1 Å². The maximum Gasteiger partial charge on any atom is 0.271 e. The zero-order valence-corrected chi connectivity index (χ0v) is 15.7. The van der Waals surface area contributed by atoms with Crippen LogP contribution in [0.25, 0.3) is 11.4 Å². The molecule has 0 saturated heterocycles. The van der Waals surface area contributed by atoms with Gasteiger partial charge in [0.05, 0.1) is 16.9 Å². The van der Waals surface area contributed by atoms with Gasteiger partial charge >= 0.3 is 0 Å². The Labute approximate surface area is 167 Å². The molecule has 4 aromatic rings. The smallest absolute Gasteiger partial charge is 0.271 e. The lowest BCUT2D eigenvalue weighted by molar-refractivity contribution is 0.0846. The van der Waals surface area contributed by atoms with Crippen LogP contribution in [-0.2, 0) is 0 Å². The van der Waals surface area contributed by atoms with Crippen molar-refractivity contribution in [3.05, 3.63) is 102 Å². The quantitative estimate of drug-likeness (QED) is 0.530. The minimum absolute atomic E-state index is 0.397. The van der Waals surface area contributed by atoms with Gasteiger partial charge in [-0.2, -0.15) is 5.10 Å². The third-order valence-electron chi connectivity index (χ3n) is 4.53. The van der Waals surface area contributed by atoms with Gasteiger partial charge in [-0.25, -0.2) is 4.68 Å². The lowest BCUT2D eigenvalue weighted by Gasteiger charge is -2.12. The molecule has 2 N–H and O–H groups in total. The van der Waals surface area contributed by atoms with E-state index in [1.807, 2.05) is 54.2 Å². The largest absolute Gasteiger partial charge is 0.323 e. The van der Waals surface area contributed by atoms with Crippen LogP contribution in [0.3, 0.4) is 0 Å². The summed E-state index contributed by atoms with van der Waals surface area (Å²) in [5.41, 5.74) is 8.40. The topological polar surface area (TPSA) is 81.0 Å². The molecule has 144 valence electrons. The van der Waals surface area contributed by atoms with Crippen molar-refractivity contribution in [1.29, 1.82) is 0 Å². The molecule has 0 spiro atoms. The molecule has 7 heteroatoms. The number of hydrogen-bond acceptors (Lipinski definition) is 3. The number of carbonyl (C=O) groups excluding carboxylic acids is 2. The molecule has 0 radical (unpaired) electrons. The number of nitrogens with zero attached hydrogens (tertiary/aromatic N) is 3. The van der Waals surface area contributed by atoms with E-state index in [2.05, 4.69) is 16.0 Å². The van der Waals surface area contributed by atoms with Gasteiger partial charge in [0.15, 0.2) is 0 Å². The second-order valence-electron chi connectivity index (χ2n) is 6.45. The molecule has 0 saturated carbocycles. The van der Waals surface area contributed by atoms with Crippen LogP contribution in [0.15, 0.2) is 85.3 Å². The Morgan fingerprint density at radius 3 is 2.21 bits per heavy atom. The first-order valence-corrected chi connectivity index (χ1v) is 9.07. The SMILES string of the molecule is Cc1ccnn1-c1ccc(C(=O)NNC(=O)c2ccccc2-n2cccc2)cc1. The molecule has 4 rings (SSSR count). The predicted octanol–water partition coefficient (Wildman–Crippen LogP) is 3.05. The number of rotatable bonds is 4. The fourth-order valence-corrected chi connectivity index (χ4v) is 3.03. The maximum absolute atomic E-state index is 12.6. The summed E-state index contributed by atoms with van der Waals surface area (Å²) in [4.78, 5) is 25.0. The predicted molar refractivity (Wildman–Crippen MR) is 109 cm³/mol. The molecule has 7 nitrogen and oxygen atoms in total. The zero-order valence-electron chi connectivity index (χ0n) is 15.7. The molecule has 0 aliphatic heterocycles. The molecule has 2 aromatic heterocycles. The Morgan fingerprint density at radius 2 is 1.52 bits per heavy atom. The molecular formula is C22H19N5O2. The van der Waals surface area contributed by atoms with Crippen LogP contribution >= 0.6 is 0 Å². The van der Waals surface area contributed by atoms with Gasteiger partial charge in [0.1, 0.15) is 0 Å². The summed E-state index contributed by atoms with van der Waals surface area (Å²) in [5.74, 6) is -0.799. The van der Waals surface area contributed by atoms with E-state index in [0.29, 0.717) is 11.1 Å². The Balaban J connectivity index is 1.44. The summed E-state index contributed by atoms with van der Waals surface area (Å²) in [7, 11) is 0. The van der Waals surface area contributed by atoms with Gasteiger partial charge in [-0.15, -0.1) is 0 Å². The van der Waals surface area contributed by atoms with Crippen LogP contribution < -0.4 is 10.9 Å². The van der Waals surface area contributed by atoms with Crippen molar-refractivity contribution >= 4 is 11.8 Å². The lowest BCUT2D eigenvalue weighted by Crippen LogP contribution is -2.41. The van der Waals surface area contributed by atoms with Crippen LogP contribution in [0.2, 0.25) is 0 Å². The van der Waals surface area contributed by atoms with E-state index in [1.165, 1.54) is 0 Å². The Morgan fingerprint density at radius 1 is 0.828 bits per heavy atom. The molecule has 29 heavy (non-hydrogen) atoms. The van der Waals surface area contributed by atoms with E-state index in [0.717, 1.165) is 17.1 Å². The van der Waals surface area contributed by atoms with Gasteiger partial charge < -0.3 is 4.57 Å². The molecule has 0 aliphatic rings. The van der Waals surface area contributed by atoms with Gasteiger partial charge in [0, 0.05) is 29.8 Å². The molecule has 2 heterocycles. The first-order chi connectivity index (χ1) is 14.1. The van der Waals surface area contributed by atoms with Crippen molar-refractivity contribution in [2.75, 3.05) is 0 Å². The molecule has 0 fully saturated rings. The highest BCUT2D eigenvalue weighted by atomic mass is 16.2. The second kappa shape index (κ2) is 7.85. The average Bonchev–Trinajstić information content (AvgIpc) is 3.44. The Bertz CT molecular complexity index is 1140. The van der Waals surface area contributed by atoms with Crippen LogP contribution in [0, 0.1) is 6.92 Å². The number of carbonyl (C=O) groups is 2. The fraction of sp³-hybridized carbons (Fsp3) is 0.0455. The van der Waals surface area contributed by atoms with Gasteiger partial charge in [-0.05, 0) is 61.5 Å². The monoisotopic (exact) mass is 385 g/mol. The van der Waals surface area contributed by atoms with E-state index in [9.17, 15) is 9.59 Å². The fourth-order valence-electron chi connectivity index (χ4n) is 3.03. The van der Waals surface area contributed by atoms with Crippen LogP contribution in [-0.4, -0.2) is 26.2 Å². The minimum atomic E-state index is -0.402. The number of amides is 2. The summed E-state index contributed by atoms with van der Waals surface area (Å²) >= 11 is 0. The molecule has 2 amide bonds. The molecule has 0 bridgehead atoms. The molecule has 2 aromatic carbocycles. The van der Waals surface area contributed by atoms with E-state index in [1.54, 1.807) is 47.3 Å². The lowest BCUT2D eigenvalue weighted by atomic mass is 10.1. The average molecular weight is 385 g/mol. The molecule has 0 atom stereocenters. The highest BCUT2D eigenvalue weighted by Crippen LogP contribution is 2.15. The number of para-hydroxylation sites is 1. The highest BCUT2D eigenvalue weighted by molar-refractivity contribution is 6.01. The minimum Gasteiger partial charge on any atom is -0.323 e. The van der Waals surface area contributed by atoms with Crippen LogP contribution in [0.5, 0.6) is 0 Å². The summed E-state index contributed by atoms with van der Waals surface area (Å²) in [6.07, 6.45) is 5.43. The first kappa shape index (κ1) is 18.2. The van der Waals surface area contributed by atoms with Crippen molar-refractivity contribution < 1.29 is 9.59 Å².